The molecule has 14 heavy (non-hydrogen) atoms. The van der Waals surface area contributed by atoms with E-state index in [1.165, 1.54) is 5.56 Å². The third-order valence-electron chi connectivity index (χ3n) is 2.33. The predicted molar refractivity (Wildman–Crippen MR) is 58.8 cm³/mol. The monoisotopic (exact) mass is 186 g/mol. The lowest BCUT2D eigenvalue weighted by Gasteiger charge is -2.07. The van der Waals surface area contributed by atoms with Crippen LogP contribution in [0, 0.1) is 0 Å². The van der Waals surface area contributed by atoms with Crippen molar-refractivity contribution in [3.8, 4) is 11.3 Å². The fourth-order valence-corrected chi connectivity index (χ4v) is 1.62. The van der Waals surface area contributed by atoms with Crippen LogP contribution in [-0.2, 0) is 0 Å². The highest BCUT2D eigenvalue weighted by molar-refractivity contribution is 5.63. The molecule has 0 bridgehead atoms. The number of H-pyrrole nitrogens is 1. The van der Waals surface area contributed by atoms with E-state index in [4.69, 9.17) is 5.73 Å². The molecule has 1 aromatic heterocycles. The van der Waals surface area contributed by atoms with Gasteiger partial charge in [0.25, 0.3) is 0 Å². The van der Waals surface area contributed by atoms with Gasteiger partial charge in [0.05, 0.1) is 5.69 Å². The Balaban J connectivity index is 2.47. The summed E-state index contributed by atoms with van der Waals surface area (Å²) in [7, 11) is 0. The molecule has 1 unspecified atom stereocenters. The van der Waals surface area contributed by atoms with Gasteiger partial charge >= 0.3 is 0 Å². The molecule has 0 amide bonds. The van der Waals surface area contributed by atoms with E-state index in [0.717, 1.165) is 11.3 Å². The number of aromatic amines is 1. The molecule has 0 fully saturated rings. The molecule has 0 aliphatic heterocycles. The van der Waals surface area contributed by atoms with Crippen LogP contribution in [0.1, 0.15) is 18.5 Å². The maximum atomic E-state index is 5.88. The summed E-state index contributed by atoms with van der Waals surface area (Å²) >= 11 is 0. The average Bonchev–Trinajstić information content (AvgIpc) is 2.67. The van der Waals surface area contributed by atoms with Crippen molar-refractivity contribution in [3.05, 3.63) is 48.2 Å². The zero-order chi connectivity index (χ0) is 9.97. The van der Waals surface area contributed by atoms with Gasteiger partial charge < -0.3 is 10.7 Å². The van der Waals surface area contributed by atoms with E-state index >= 15 is 0 Å². The predicted octanol–water partition coefficient (Wildman–Crippen LogP) is 2.70. The molecule has 1 aromatic carbocycles. The van der Waals surface area contributed by atoms with Gasteiger partial charge in [0, 0.05) is 12.2 Å². The number of rotatable bonds is 2. The minimum absolute atomic E-state index is 0.0662. The lowest BCUT2D eigenvalue weighted by Crippen LogP contribution is -2.04. The number of hydrogen-bond acceptors (Lipinski definition) is 1. The SMILES string of the molecule is CC(N)c1cc[nH]c1-c1ccccc1. The first-order chi connectivity index (χ1) is 6.79. The normalized spacial score (nSPS) is 12.7. The van der Waals surface area contributed by atoms with Gasteiger partial charge in [-0.05, 0) is 24.1 Å². The number of benzene rings is 1. The van der Waals surface area contributed by atoms with Crippen LogP contribution in [0.2, 0.25) is 0 Å². The van der Waals surface area contributed by atoms with Crippen molar-refractivity contribution in [2.24, 2.45) is 5.73 Å². The molecule has 0 radical (unpaired) electrons. The van der Waals surface area contributed by atoms with E-state index in [1.807, 2.05) is 37.4 Å². The number of hydrogen-bond donors (Lipinski definition) is 2. The highest BCUT2D eigenvalue weighted by Gasteiger charge is 2.08. The highest BCUT2D eigenvalue weighted by atomic mass is 14.7. The molecule has 1 heterocycles. The van der Waals surface area contributed by atoms with Crippen LogP contribution in [0.4, 0.5) is 0 Å². The largest absolute Gasteiger partial charge is 0.361 e. The van der Waals surface area contributed by atoms with Crippen LogP contribution < -0.4 is 5.73 Å². The Labute approximate surface area is 83.8 Å². The summed E-state index contributed by atoms with van der Waals surface area (Å²) in [6, 6.07) is 12.3. The lowest BCUT2D eigenvalue weighted by molar-refractivity contribution is 0.822. The maximum absolute atomic E-state index is 5.88. The van der Waals surface area contributed by atoms with Crippen LogP contribution in [-0.4, -0.2) is 4.98 Å². The third kappa shape index (κ3) is 1.56. The molecule has 0 saturated heterocycles. The average molecular weight is 186 g/mol. The molecule has 2 rings (SSSR count). The van der Waals surface area contributed by atoms with E-state index in [1.54, 1.807) is 0 Å². The molecular weight excluding hydrogens is 172 g/mol. The van der Waals surface area contributed by atoms with Gasteiger partial charge in [-0.15, -0.1) is 0 Å². The summed E-state index contributed by atoms with van der Waals surface area (Å²) < 4.78 is 0. The fraction of sp³-hybridized carbons (Fsp3) is 0.167. The summed E-state index contributed by atoms with van der Waals surface area (Å²) in [6.07, 6.45) is 1.93. The van der Waals surface area contributed by atoms with Crippen molar-refractivity contribution in [1.29, 1.82) is 0 Å². The zero-order valence-electron chi connectivity index (χ0n) is 8.20. The smallest absolute Gasteiger partial charge is 0.0502 e. The molecular formula is C12H14N2. The second-order valence-corrected chi connectivity index (χ2v) is 3.46. The van der Waals surface area contributed by atoms with Crippen molar-refractivity contribution in [2.45, 2.75) is 13.0 Å². The number of nitrogens with two attached hydrogens (primary N) is 1. The molecule has 0 saturated carbocycles. The number of aromatic nitrogens is 1. The van der Waals surface area contributed by atoms with Gasteiger partial charge in [-0.2, -0.15) is 0 Å². The number of nitrogens with one attached hydrogen (secondary N) is 1. The highest BCUT2D eigenvalue weighted by Crippen LogP contribution is 2.25. The van der Waals surface area contributed by atoms with Crippen molar-refractivity contribution >= 4 is 0 Å². The summed E-state index contributed by atoms with van der Waals surface area (Å²) in [5, 5.41) is 0. The Morgan fingerprint density at radius 1 is 1.14 bits per heavy atom. The molecule has 2 heteroatoms. The van der Waals surface area contributed by atoms with Crippen LogP contribution in [0.15, 0.2) is 42.6 Å². The zero-order valence-corrected chi connectivity index (χ0v) is 8.20. The summed E-state index contributed by atoms with van der Waals surface area (Å²) in [5.41, 5.74) is 9.35. The first-order valence-corrected chi connectivity index (χ1v) is 4.77. The van der Waals surface area contributed by atoms with E-state index in [2.05, 4.69) is 17.1 Å². The molecule has 2 nitrogen and oxygen atoms in total. The Kier molecular flexibility index (Phi) is 2.37. The fourth-order valence-electron chi connectivity index (χ4n) is 1.62. The Bertz CT molecular complexity index is 401. The Hall–Kier alpha value is -1.54. The molecule has 0 spiro atoms. The first-order valence-electron chi connectivity index (χ1n) is 4.77. The lowest BCUT2D eigenvalue weighted by atomic mass is 10.0. The summed E-state index contributed by atoms with van der Waals surface area (Å²) in [5.74, 6) is 0. The third-order valence-corrected chi connectivity index (χ3v) is 2.33. The molecule has 2 aromatic rings. The molecule has 0 aliphatic carbocycles. The van der Waals surface area contributed by atoms with E-state index in [-0.39, 0.29) is 6.04 Å². The van der Waals surface area contributed by atoms with Gasteiger partial charge in [-0.25, -0.2) is 0 Å². The van der Waals surface area contributed by atoms with Gasteiger partial charge in [0.15, 0.2) is 0 Å². The van der Waals surface area contributed by atoms with Gasteiger partial charge in [0.1, 0.15) is 0 Å². The Morgan fingerprint density at radius 2 is 1.86 bits per heavy atom. The van der Waals surface area contributed by atoms with Crippen LogP contribution in [0.25, 0.3) is 11.3 Å². The minimum Gasteiger partial charge on any atom is -0.361 e. The van der Waals surface area contributed by atoms with E-state index in [0.29, 0.717) is 0 Å². The van der Waals surface area contributed by atoms with Gasteiger partial charge in [-0.3, -0.25) is 0 Å². The van der Waals surface area contributed by atoms with E-state index in [9.17, 15) is 0 Å². The van der Waals surface area contributed by atoms with Crippen molar-refractivity contribution < 1.29 is 0 Å². The Morgan fingerprint density at radius 3 is 2.50 bits per heavy atom. The molecule has 0 aliphatic rings. The quantitative estimate of drug-likeness (QED) is 0.744. The molecule has 1 atom stereocenters. The standard InChI is InChI=1S/C12H14N2/c1-9(13)11-7-8-14-12(11)10-5-3-2-4-6-10/h2-9,14H,13H2,1H3. The second kappa shape index (κ2) is 3.68. The molecule has 3 N–H and O–H groups in total. The summed E-state index contributed by atoms with van der Waals surface area (Å²) in [6.45, 7) is 2.00. The summed E-state index contributed by atoms with van der Waals surface area (Å²) in [4.78, 5) is 3.22. The van der Waals surface area contributed by atoms with Crippen molar-refractivity contribution in [3.63, 3.8) is 0 Å². The van der Waals surface area contributed by atoms with Crippen molar-refractivity contribution in [1.82, 2.24) is 4.98 Å². The van der Waals surface area contributed by atoms with E-state index < -0.39 is 0 Å². The topological polar surface area (TPSA) is 41.8 Å². The second-order valence-electron chi connectivity index (χ2n) is 3.46. The van der Waals surface area contributed by atoms with Crippen molar-refractivity contribution in [2.75, 3.05) is 0 Å². The van der Waals surface area contributed by atoms with Gasteiger partial charge in [0.2, 0.25) is 0 Å². The minimum atomic E-state index is 0.0662. The maximum Gasteiger partial charge on any atom is 0.0502 e. The molecule has 72 valence electrons. The van der Waals surface area contributed by atoms with Crippen LogP contribution in [0.5, 0.6) is 0 Å². The van der Waals surface area contributed by atoms with Crippen LogP contribution >= 0.6 is 0 Å². The van der Waals surface area contributed by atoms with Crippen LogP contribution in [0.3, 0.4) is 0 Å². The van der Waals surface area contributed by atoms with Gasteiger partial charge in [-0.1, -0.05) is 30.3 Å². The first kappa shape index (κ1) is 9.03.